The molecule has 0 unspecified atom stereocenters. The van der Waals surface area contributed by atoms with Crippen LogP contribution in [0, 0.1) is 0 Å². The van der Waals surface area contributed by atoms with E-state index in [0.717, 1.165) is 6.42 Å². The lowest BCUT2D eigenvalue weighted by atomic mass is 9.97. The summed E-state index contributed by atoms with van der Waals surface area (Å²) in [6, 6.07) is 13.2. The summed E-state index contributed by atoms with van der Waals surface area (Å²) < 4.78 is 4.88. The van der Waals surface area contributed by atoms with Crippen LogP contribution in [0.5, 0.6) is 0 Å². The number of nitrogens with one attached hydrogen (secondary N) is 1. The zero-order valence-electron chi connectivity index (χ0n) is 15.4. The average molecular weight is 413 g/mol. The van der Waals surface area contributed by atoms with Crippen molar-refractivity contribution in [3.05, 3.63) is 74.1 Å². The second-order valence-electron chi connectivity index (χ2n) is 6.39. The Morgan fingerprint density at radius 1 is 1.14 bits per heavy atom. The lowest BCUT2D eigenvalue weighted by molar-refractivity contribution is 0.0699. The van der Waals surface area contributed by atoms with E-state index in [2.05, 4.69) is 28.2 Å². The molecule has 1 aliphatic heterocycles. The zero-order valence-corrected chi connectivity index (χ0v) is 17.0. The molecule has 0 radical (unpaired) electrons. The van der Waals surface area contributed by atoms with Crippen molar-refractivity contribution in [2.75, 3.05) is 18.5 Å². The van der Waals surface area contributed by atoms with Crippen LogP contribution in [-0.2, 0) is 11.2 Å². The van der Waals surface area contributed by atoms with Crippen LogP contribution in [0.2, 0.25) is 0 Å². The lowest BCUT2D eigenvalue weighted by Crippen LogP contribution is -2.39. The van der Waals surface area contributed by atoms with Crippen molar-refractivity contribution in [1.82, 2.24) is 4.90 Å². The predicted octanol–water partition coefficient (Wildman–Crippen LogP) is 5.17. The van der Waals surface area contributed by atoms with Gasteiger partial charge in [-0.05, 0) is 66.1 Å². The number of fused-ring (bicyclic) bond motifs is 1. The molecule has 5 nitrogen and oxygen atoms in total. The van der Waals surface area contributed by atoms with Crippen LogP contribution < -0.4 is 5.32 Å². The summed E-state index contributed by atoms with van der Waals surface area (Å²) in [6.07, 6.45) is 0.378. The largest absolute Gasteiger partial charge is 0.450 e. The van der Waals surface area contributed by atoms with Gasteiger partial charge >= 0.3 is 6.09 Å². The highest BCUT2D eigenvalue weighted by Gasteiger charge is 2.33. The van der Waals surface area contributed by atoms with Crippen LogP contribution in [0.4, 0.5) is 10.5 Å². The Morgan fingerprint density at radius 2 is 1.96 bits per heavy atom. The lowest BCUT2D eigenvalue weighted by Gasteiger charge is -2.35. The minimum absolute atomic E-state index is 0.00191. The van der Waals surface area contributed by atoms with Crippen LogP contribution >= 0.6 is 22.7 Å². The normalized spacial score (nSPS) is 15.8. The van der Waals surface area contributed by atoms with Gasteiger partial charge in [0, 0.05) is 27.5 Å². The van der Waals surface area contributed by atoms with Crippen molar-refractivity contribution in [2.45, 2.75) is 19.4 Å². The van der Waals surface area contributed by atoms with Crippen LogP contribution in [0.25, 0.3) is 0 Å². The van der Waals surface area contributed by atoms with E-state index in [1.807, 2.05) is 11.0 Å². The van der Waals surface area contributed by atoms with Crippen molar-refractivity contribution in [3.8, 4) is 0 Å². The minimum Gasteiger partial charge on any atom is -0.450 e. The Balaban J connectivity index is 1.58. The molecule has 3 aromatic rings. The van der Waals surface area contributed by atoms with Crippen LogP contribution in [0.3, 0.4) is 0 Å². The third-order valence-electron chi connectivity index (χ3n) is 4.69. The molecule has 0 saturated heterocycles. The molecular formula is C21H20N2O3S2. The van der Waals surface area contributed by atoms with Gasteiger partial charge in [0.25, 0.3) is 5.91 Å². The first-order valence-corrected chi connectivity index (χ1v) is 10.9. The number of hydrogen-bond donors (Lipinski definition) is 1. The molecular weight excluding hydrogens is 392 g/mol. The highest BCUT2D eigenvalue weighted by atomic mass is 32.1. The average Bonchev–Trinajstić information content (AvgIpc) is 3.39. The minimum atomic E-state index is -0.500. The summed E-state index contributed by atoms with van der Waals surface area (Å²) in [5.74, 6) is -0.00191. The zero-order chi connectivity index (χ0) is 19.5. The second kappa shape index (κ2) is 8.16. The fourth-order valence-corrected chi connectivity index (χ4v) is 5.19. The summed E-state index contributed by atoms with van der Waals surface area (Å²) in [5.41, 5.74) is 2.44. The molecule has 0 aliphatic carbocycles. The predicted molar refractivity (Wildman–Crippen MR) is 112 cm³/mol. The van der Waals surface area contributed by atoms with E-state index in [0.29, 0.717) is 24.4 Å². The number of benzene rings is 1. The number of carbonyl (C=O) groups is 2. The number of anilines is 1. The van der Waals surface area contributed by atoms with Gasteiger partial charge in [0.1, 0.15) is 0 Å². The fourth-order valence-electron chi connectivity index (χ4n) is 3.44. The first-order chi connectivity index (χ1) is 13.7. The molecule has 1 aromatic carbocycles. The maximum atomic E-state index is 13.3. The van der Waals surface area contributed by atoms with E-state index >= 15 is 0 Å². The van der Waals surface area contributed by atoms with Crippen molar-refractivity contribution < 1.29 is 14.3 Å². The molecule has 1 aliphatic rings. The highest BCUT2D eigenvalue weighted by Crippen LogP contribution is 2.40. The third kappa shape index (κ3) is 3.68. The number of thiophene rings is 2. The molecule has 0 bridgehead atoms. The molecule has 7 heteroatoms. The summed E-state index contributed by atoms with van der Waals surface area (Å²) in [4.78, 5) is 29.3. The summed E-state index contributed by atoms with van der Waals surface area (Å²) in [7, 11) is 0. The van der Waals surface area contributed by atoms with E-state index in [4.69, 9.17) is 4.74 Å². The van der Waals surface area contributed by atoms with E-state index in [1.54, 1.807) is 53.9 Å². The van der Waals surface area contributed by atoms with Gasteiger partial charge in [0.2, 0.25) is 0 Å². The first kappa shape index (κ1) is 18.7. The van der Waals surface area contributed by atoms with Gasteiger partial charge in [-0.25, -0.2) is 4.79 Å². The molecule has 0 fully saturated rings. The van der Waals surface area contributed by atoms with E-state index in [-0.39, 0.29) is 11.9 Å². The highest BCUT2D eigenvalue weighted by molar-refractivity contribution is 7.10. The summed E-state index contributed by atoms with van der Waals surface area (Å²) in [5, 5.41) is 6.80. The van der Waals surface area contributed by atoms with Crippen molar-refractivity contribution >= 4 is 40.4 Å². The molecule has 3 heterocycles. The Labute approximate surface area is 171 Å². The fraction of sp³-hybridized carbons (Fsp3) is 0.238. The number of rotatable bonds is 4. The molecule has 1 atom stereocenters. The van der Waals surface area contributed by atoms with Crippen molar-refractivity contribution in [1.29, 1.82) is 0 Å². The quantitative estimate of drug-likeness (QED) is 0.643. The van der Waals surface area contributed by atoms with Gasteiger partial charge < -0.3 is 9.64 Å². The van der Waals surface area contributed by atoms with Gasteiger partial charge in [-0.15, -0.1) is 22.7 Å². The van der Waals surface area contributed by atoms with Gasteiger partial charge in [-0.2, -0.15) is 0 Å². The van der Waals surface area contributed by atoms with E-state index in [9.17, 15) is 9.59 Å². The molecule has 1 N–H and O–H groups in total. The summed E-state index contributed by atoms with van der Waals surface area (Å²) >= 11 is 3.44. The molecule has 28 heavy (non-hydrogen) atoms. The number of amides is 2. The third-order valence-corrected chi connectivity index (χ3v) is 6.61. The van der Waals surface area contributed by atoms with Gasteiger partial charge in [0.15, 0.2) is 0 Å². The van der Waals surface area contributed by atoms with Gasteiger partial charge in [-0.1, -0.05) is 6.07 Å². The van der Waals surface area contributed by atoms with Crippen molar-refractivity contribution in [3.63, 3.8) is 0 Å². The van der Waals surface area contributed by atoms with Crippen LogP contribution in [0.1, 0.15) is 38.6 Å². The van der Waals surface area contributed by atoms with Crippen molar-refractivity contribution in [2.24, 2.45) is 0 Å². The van der Waals surface area contributed by atoms with Gasteiger partial charge in [0.05, 0.1) is 12.6 Å². The standard InChI is InChI=1S/C21H20N2O3S2/c1-2-26-21(25)22-15-7-5-14(6-8-15)20(24)23-11-9-17-16(10-13-28-17)19(23)18-4-3-12-27-18/h3-8,10,12-13,19H,2,9,11H2,1H3,(H,22,25)/t19-/m0/s1. The number of nitrogens with zero attached hydrogens (tertiary/aromatic N) is 1. The summed E-state index contributed by atoms with van der Waals surface area (Å²) in [6.45, 7) is 2.76. The SMILES string of the molecule is CCOC(=O)Nc1ccc(C(=O)N2CCc3sccc3[C@H]2c2cccs2)cc1. The Morgan fingerprint density at radius 3 is 2.68 bits per heavy atom. The molecule has 2 amide bonds. The molecule has 0 saturated carbocycles. The first-order valence-electron chi connectivity index (χ1n) is 9.12. The smallest absolute Gasteiger partial charge is 0.411 e. The molecule has 4 rings (SSSR count). The maximum Gasteiger partial charge on any atom is 0.411 e. The molecule has 2 aromatic heterocycles. The van der Waals surface area contributed by atoms with E-state index < -0.39 is 6.09 Å². The van der Waals surface area contributed by atoms with Crippen LogP contribution in [0.15, 0.2) is 53.2 Å². The van der Waals surface area contributed by atoms with E-state index in [1.165, 1.54) is 15.3 Å². The van der Waals surface area contributed by atoms with Crippen LogP contribution in [-0.4, -0.2) is 30.1 Å². The monoisotopic (exact) mass is 412 g/mol. The Bertz CT molecular complexity index is 964. The maximum absolute atomic E-state index is 13.3. The Hall–Kier alpha value is -2.64. The topological polar surface area (TPSA) is 58.6 Å². The molecule has 144 valence electrons. The Kier molecular flexibility index (Phi) is 5.45. The number of ether oxygens (including phenoxy) is 1. The van der Waals surface area contributed by atoms with Gasteiger partial charge in [-0.3, -0.25) is 10.1 Å². The second-order valence-corrected chi connectivity index (χ2v) is 8.37. The molecule has 0 spiro atoms. The number of carbonyl (C=O) groups excluding carboxylic acids is 2. The number of hydrogen-bond acceptors (Lipinski definition) is 5.